The quantitative estimate of drug-likeness (QED) is 0.898. The Morgan fingerprint density at radius 1 is 1.21 bits per heavy atom. The molecule has 1 N–H and O–H groups in total. The molecule has 0 bridgehead atoms. The van der Waals surface area contributed by atoms with Crippen LogP contribution in [0.3, 0.4) is 0 Å². The number of benzene rings is 1. The van der Waals surface area contributed by atoms with Crippen LogP contribution in [0.25, 0.3) is 0 Å². The van der Waals surface area contributed by atoms with Gasteiger partial charge in [-0.1, -0.05) is 18.2 Å². The highest BCUT2D eigenvalue weighted by atomic mass is 16.5. The summed E-state index contributed by atoms with van der Waals surface area (Å²) in [5, 5.41) is 10.6. The second kappa shape index (κ2) is 4.74. The van der Waals surface area contributed by atoms with Gasteiger partial charge >= 0.3 is 0 Å². The molecule has 100 valence electrons. The number of para-hydroxylation sites is 1. The highest BCUT2D eigenvalue weighted by molar-refractivity contribution is 5.47. The van der Waals surface area contributed by atoms with Crippen LogP contribution in [0.5, 0.6) is 5.75 Å². The molecule has 1 aromatic heterocycles. The molecular weight excluding hydrogens is 240 g/mol. The van der Waals surface area contributed by atoms with Crippen LogP contribution >= 0.6 is 0 Å². The number of aliphatic hydroxyl groups is 1. The number of aryl methyl sites for hydroxylation is 3. The van der Waals surface area contributed by atoms with E-state index in [0.29, 0.717) is 0 Å². The van der Waals surface area contributed by atoms with Gasteiger partial charge in [-0.05, 0) is 38.3 Å². The number of furan rings is 1. The molecule has 1 aromatic carbocycles. The Bertz CT molecular complexity index is 598. The molecule has 1 atom stereocenters. The Labute approximate surface area is 112 Å². The molecular formula is C16H18O3. The van der Waals surface area contributed by atoms with Gasteiger partial charge in [0.05, 0.1) is 6.61 Å². The van der Waals surface area contributed by atoms with E-state index in [-0.39, 0.29) is 0 Å². The number of hydrogen-bond donors (Lipinski definition) is 1. The molecule has 0 amide bonds. The van der Waals surface area contributed by atoms with Crippen molar-refractivity contribution in [2.45, 2.75) is 32.8 Å². The average molecular weight is 258 g/mol. The predicted octanol–water partition coefficient (Wildman–Crippen LogP) is 3.30. The Morgan fingerprint density at radius 3 is 2.79 bits per heavy atom. The van der Waals surface area contributed by atoms with Gasteiger partial charge in [0, 0.05) is 11.1 Å². The van der Waals surface area contributed by atoms with Gasteiger partial charge in [0.15, 0.2) is 0 Å². The van der Waals surface area contributed by atoms with E-state index in [1.54, 1.807) is 0 Å². The second-order valence-electron chi connectivity index (χ2n) is 5.06. The third-order valence-electron chi connectivity index (χ3n) is 3.63. The smallest absolute Gasteiger partial charge is 0.128 e. The maximum atomic E-state index is 10.6. The molecule has 0 saturated heterocycles. The van der Waals surface area contributed by atoms with Gasteiger partial charge in [0.25, 0.3) is 0 Å². The lowest BCUT2D eigenvalue weighted by Gasteiger charge is -2.22. The Kier molecular flexibility index (Phi) is 3.07. The zero-order chi connectivity index (χ0) is 13.4. The summed E-state index contributed by atoms with van der Waals surface area (Å²) in [6.45, 7) is 4.49. The normalized spacial score (nSPS) is 15.7. The van der Waals surface area contributed by atoms with Crippen molar-refractivity contribution < 1.29 is 14.3 Å². The topological polar surface area (TPSA) is 42.6 Å². The lowest BCUT2D eigenvalue weighted by molar-refractivity contribution is 0.205. The van der Waals surface area contributed by atoms with Crippen molar-refractivity contribution in [2.24, 2.45) is 0 Å². The molecule has 2 heterocycles. The highest BCUT2D eigenvalue weighted by Crippen LogP contribution is 2.37. The van der Waals surface area contributed by atoms with Crippen molar-refractivity contribution in [3.8, 4) is 5.75 Å². The van der Waals surface area contributed by atoms with Crippen LogP contribution < -0.4 is 4.74 Å². The SMILES string of the molecule is Cc1cc(C(O)c2cccc3c2OCCC3)c(C)o1. The van der Waals surface area contributed by atoms with Crippen LogP contribution in [0.4, 0.5) is 0 Å². The number of fused-ring (bicyclic) bond motifs is 1. The van der Waals surface area contributed by atoms with Crippen LogP contribution in [-0.4, -0.2) is 11.7 Å². The third-order valence-corrected chi connectivity index (χ3v) is 3.63. The van der Waals surface area contributed by atoms with E-state index in [4.69, 9.17) is 9.15 Å². The van der Waals surface area contributed by atoms with Crippen LogP contribution in [0.2, 0.25) is 0 Å². The molecule has 1 aliphatic rings. The summed E-state index contributed by atoms with van der Waals surface area (Å²) in [4.78, 5) is 0. The van der Waals surface area contributed by atoms with Gasteiger partial charge in [-0.25, -0.2) is 0 Å². The van der Waals surface area contributed by atoms with Crippen molar-refractivity contribution >= 4 is 0 Å². The summed E-state index contributed by atoms with van der Waals surface area (Å²) in [5.74, 6) is 2.43. The van der Waals surface area contributed by atoms with Crippen LogP contribution in [-0.2, 0) is 6.42 Å². The molecule has 19 heavy (non-hydrogen) atoms. The largest absolute Gasteiger partial charge is 0.493 e. The first kappa shape index (κ1) is 12.3. The van der Waals surface area contributed by atoms with Crippen molar-refractivity contribution in [1.82, 2.24) is 0 Å². The molecule has 1 unspecified atom stereocenters. The molecule has 1 aliphatic heterocycles. The van der Waals surface area contributed by atoms with E-state index in [1.165, 1.54) is 5.56 Å². The van der Waals surface area contributed by atoms with Crippen LogP contribution in [0, 0.1) is 13.8 Å². The molecule has 0 aliphatic carbocycles. The van der Waals surface area contributed by atoms with E-state index in [0.717, 1.165) is 47.8 Å². The molecule has 0 saturated carbocycles. The first-order valence-corrected chi connectivity index (χ1v) is 6.66. The number of hydrogen-bond acceptors (Lipinski definition) is 3. The summed E-state index contributed by atoms with van der Waals surface area (Å²) >= 11 is 0. The summed E-state index contributed by atoms with van der Waals surface area (Å²) in [5.41, 5.74) is 2.84. The van der Waals surface area contributed by atoms with Crippen molar-refractivity contribution in [2.75, 3.05) is 6.61 Å². The Morgan fingerprint density at radius 2 is 2.05 bits per heavy atom. The predicted molar refractivity (Wildman–Crippen MR) is 72.5 cm³/mol. The molecule has 3 nitrogen and oxygen atoms in total. The zero-order valence-corrected chi connectivity index (χ0v) is 11.3. The molecule has 2 aromatic rings. The van der Waals surface area contributed by atoms with E-state index in [9.17, 15) is 5.11 Å². The number of aliphatic hydroxyl groups excluding tert-OH is 1. The fourth-order valence-electron chi connectivity index (χ4n) is 2.72. The Balaban J connectivity index is 2.04. The summed E-state index contributed by atoms with van der Waals surface area (Å²) < 4.78 is 11.3. The molecule has 0 fully saturated rings. The van der Waals surface area contributed by atoms with Gasteiger partial charge in [-0.2, -0.15) is 0 Å². The molecule has 0 radical (unpaired) electrons. The van der Waals surface area contributed by atoms with E-state index in [1.807, 2.05) is 32.0 Å². The summed E-state index contributed by atoms with van der Waals surface area (Å²) in [7, 11) is 0. The fourth-order valence-corrected chi connectivity index (χ4v) is 2.72. The van der Waals surface area contributed by atoms with Gasteiger partial charge in [-0.15, -0.1) is 0 Å². The van der Waals surface area contributed by atoms with Crippen molar-refractivity contribution in [3.05, 3.63) is 52.5 Å². The standard InChI is InChI=1S/C16H18O3/c1-10-9-14(11(2)19-10)15(17)13-7-3-5-12-6-4-8-18-16(12)13/h3,5,7,9,15,17H,4,6,8H2,1-2H3. The van der Waals surface area contributed by atoms with E-state index in [2.05, 4.69) is 6.07 Å². The van der Waals surface area contributed by atoms with Crippen LogP contribution in [0.1, 0.15) is 40.7 Å². The first-order chi connectivity index (χ1) is 9.16. The number of rotatable bonds is 2. The monoisotopic (exact) mass is 258 g/mol. The summed E-state index contributed by atoms with van der Waals surface area (Å²) in [6.07, 6.45) is 1.36. The fraction of sp³-hybridized carbons (Fsp3) is 0.375. The maximum absolute atomic E-state index is 10.6. The Hall–Kier alpha value is -1.74. The van der Waals surface area contributed by atoms with Gasteiger partial charge < -0.3 is 14.3 Å². The average Bonchev–Trinajstić information content (AvgIpc) is 2.76. The number of ether oxygens (including phenoxy) is 1. The van der Waals surface area contributed by atoms with Gasteiger partial charge in [0.1, 0.15) is 23.4 Å². The van der Waals surface area contributed by atoms with Gasteiger partial charge in [-0.3, -0.25) is 0 Å². The van der Waals surface area contributed by atoms with E-state index < -0.39 is 6.10 Å². The minimum Gasteiger partial charge on any atom is -0.493 e. The van der Waals surface area contributed by atoms with Crippen molar-refractivity contribution in [3.63, 3.8) is 0 Å². The second-order valence-corrected chi connectivity index (χ2v) is 5.06. The minimum absolute atomic E-state index is 0.689. The third kappa shape index (κ3) is 2.15. The lowest BCUT2D eigenvalue weighted by Crippen LogP contribution is -2.12. The summed E-state index contributed by atoms with van der Waals surface area (Å²) in [6, 6.07) is 7.87. The maximum Gasteiger partial charge on any atom is 0.128 e. The van der Waals surface area contributed by atoms with Crippen LogP contribution in [0.15, 0.2) is 28.7 Å². The minimum atomic E-state index is -0.689. The lowest BCUT2D eigenvalue weighted by atomic mass is 9.96. The van der Waals surface area contributed by atoms with Gasteiger partial charge in [0.2, 0.25) is 0 Å². The molecule has 3 rings (SSSR count). The highest BCUT2D eigenvalue weighted by Gasteiger charge is 2.23. The molecule has 0 spiro atoms. The first-order valence-electron chi connectivity index (χ1n) is 6.66. The molecule has 3 heteroatoms. The van der Waals surface area contributed by atoms with Crippen molar-refractivity contribution in [1.29, 1.82) is 0 Å². The zero-order valence-electron chi connectivity index (χ0n) is 11.3. The van der Waals surface area contributed by atoms with E-state index >= 15 is 0 Å².